The van der Waals surface area contributed by atoms with E-state index in [1.54, 1.807) is 18.2 Å². The normalized spacial score (nSPS) is 14.0. The van der Waals surface area contributed by atoms with Crippen LogP contribution in [0.4, 0.5) is 4.39 Å². The van der Waals surface area contributed by atoms with Crippen LogP contribution < -0.4 is 10.1 Å². The maximum absolute atomic E-state index is 13.6. The number of rotatable bonds is 6. The van der Waals surface area contributed by atoms with E-state index in [9.17, 15) is 4.39 Å². The number of nitrogens with zero attached hydrogens (tertiary/aromatic N) is 2. The topological polar surface area (TPSA) is 39.1 Å². The Labute approximate surface area is 124 Å². The second-order valence-electron chi connectivity index (χ2n) is 5.30. The number of aromatic nitrogens is 2. The van der Waals surface area contributed by atoms with E-state index < -0.39 is 0 Å². The Morgan fingerprint density at radius 3 is 2.67 bits per heavy atom. The SMILES string of the molecule is Cc1c(CN[C@H](C)[C@H](C)Oc2ccccc2F)cnn1C. The number of para-hydroxylation sites is 1. The molecular formula is C16H22FN3O. The number of benzene rings is 1. The second kappa shape index (κ2) is 6.72. The Bertz CT molecular complexity index is 597. The van der Waals surface area contributed by atoms with Crippen LogP contribution in [0.25, 0.3) is 0 Å². The van der Waals surface area contributed by atoms with Gasteiger partial charge >= 0.3 is 0 Å². The minimum absolute atomic E-state index is 0.0872. The monoisotopic (exact) mass is 291 g/mol. The van der Waals surface area contributed by atoms with Crippen molar-refractivity contribution in [2.75, 3.05) is 0 Å². The molecule has 2 aromatic rings. The lowest BCUT2D eigenvalue weighted by Gasteiger charge is -2.23. The van der Waals surface area contributed by atoms with E-state index in [0.29, 0.717) is 6.54 Å². The minimum atomic E-state index is -0.334. The van der Waals surface area contributed by atoms with Crippen molar-refractivity contribution in [1.82, 2.24) is 15.1 Å². The van der Waals surface area contributed by atoms with E-state index in [4.69, 9.17) is 4.74 Å². The van der Waals surface area contributed by atoms with Crippen LogP contribution in [0.2, 0.25) is 0 Å². The summed E-state index contributed by atoms with van der Waals surface area (Å²) in [4.78, 5) is 0. The number of hydrogen-bond donors (Lipinski definition) is 1. The summed E-state index contributed by atoms with van der Waals surface area (Å²) in [7, 11) is 1.92. The molecule has 0 fully saturated rings. The van der Waals surface area contributed by atoms with Gasteiger partial charge in [-0.15, -0.1) is 0 Å². The molecule has 1 heterocycles. The molecule has 4 nitrogen and oxygen atoms in total. The molecule has 0 aliphatic heterocycles. The number of aryl methyl sites for hydroxylation is 1. The van der Waals surface area contributed by atoms with Crippen molar-refractivity contribution in [1.29, 1.82) is 0 Å². The van der Waals surface area contributed by atoms with Gasteiger partial charge in [0.1, 0.15) is 6.10 Å². The molecule has 2 atom stereocenters. The molecule has 1 N–H and O–H groups in total. The zero-order chi connectivity index (χ0) is 15.4. The fraction of sp³-hybridized carbons (Fsp3) is 0.438. The lowest BCUT2D eigenvalue weighted by Crippen LogP contribution is -2.38. The lowest BCUT2D eigenvalue weighted by atomic mass is 10.2. The summed E-state index contributed by atoms with van der Waals surface area (Å²) in [6.45, 7) is 6.71. The molecule has 0 amide bonds. The number of halogens is 1. The van der Waals surface area contributed by atoms with Crippen molar-refractivity contribution in [2.24, 2.45) is 7.05 Å². The molecule has 2 rings (SSSR count). The van der Waals surface area contributed by atoms with Crippen LogP contribution >= 0.6 is 0 Å². The second-order valence-corrected chi connectivity index (χ2v) is 5.30. The third-order valence-electron chi connectivity index (χ3n) is 3.81. The van der Waals surface area contributed by atoms with E-state index in [0.717, 1.165) is 11.3 Å². The third kappa shape index (κ3) is 3.82. The zero-order valence-corrected chi connectivity index (χ0v) is 12.9. The maximum atomic E-state index is 13.6. The van der Waals surface area contributed by atoms with Crippen molar-refractivity contribution in [2.45, 2.75) is 39.5 Å². The Balaban J connectivity index is 1.89. The molecule has 1 aromatic heterocycles. The summed E-state index contributed by atoms with van der Waals surface area (Å²) in [5, 5.41) is 7.61. The van der Waals surface area contributed by atoms with Crippen molar-refractivity contribution < 1.29 is 9.13 Å². The van der Waals surface area contributed by atoms with Crippen LogP contribution in [0.5, 0.6) is 5.75 Å². The summed E-state index contributed by atoms with van der Waals surface area (Å²) >= 11 is 0. The third-order valence-corrected chi connectivity index (χ3v) is 3.81. The summed E-state index contributed by atoms with van der Waals surface area (Å²) in [6.07, 6.45) is 1.72. The Kier molecular flexibility index (Phi) is 4.96. The van der Waals surface area contributed by atoms with Gasteiger partial charge < -0.3 is 10.1 Å². The van der Waals surface area contributed by atoms with Gasteiger partial charge in [-0.05, 0) is 32.9 Å². The first-order valence-corrected chi connectivity index (χ1v) is 7.11. The van der Waals surface area contributed by atoms with Crippen molar-refractivity contribution >= 4 is 0 Å². The van der Waals surface area contributed by atoms with E-state index in [2.05, 4.69) is 10.4 Å². The quantitative estimate of drug-likeness (QED) is 0.889. The molecule has 0 saturated carbocycles. The van der Waals surface area contributed by atoms with Crippen LogP contribution in [-0.2, 0) is 13.6 Å². The van der Waals surface area contributed by atoms with Gasteiger partial charge in [0.25, 0.3) is 0 Å². The zero-order valence-electron chi connectivity index (χ0n) is 12.9. The van der Waals surface area contributed by atoms with Gasteiger partial charge in [0, 0.05) is 30.9 Å². The van der Waals surface area contributed by atoms with Crippen LogP contribution in [0.15, 0.2) is 30.5 Å². The summed E-state index contributed by atoms with van der Waals surface area (Å²) in [5.74, 6) is -0.0455. The minimum Gasteiger partial charge on any atom is -0.486 e. The molecule has 0 saturated heterocycles. The highest BCUT2D eigenvalue weighted by Gasteiger charge is 2.16. The molecule has 0 unspecified atom stereocenters. The van der Waals surface area contributed by atoms with Gasteiger partial charge in [0.2, 0.25) is 0 Å². The average molecular weight is 291 g/mol. The Morgan fingerprint density at radius 1 is 1.33 bits per heavy atom. The molecule has 0 bridgehead atoms. The highest BCUT2D eigenvalue weighted by Crippen LogP contribution is 2.18. The molecule has 114 valence electrons. The first kappa shape index (κ1) is 15.5. The molecule has 0 radical (unpaired) electrons. The maximum Gasteiger partial charge on any atom is 0.165 e. The largest absolute Gasteiger partial charge is 0.486 e. The van der Waals surface area contributed by atoms with Crippen molar-refractivity contribution in [3.63, 3.8) is 0 Å². The smallest absolute Gasteiger partial charge is 0.165 e. The van der Waals surface area contributed by atoms with Crippen LogP contribution in [0.1, 0.15) is 25.1 Å². The van der Waals surface area contributed by atoms with Gasteiger partial charge in [-0.2, -0.15) is 5.10 Å². The standard InChI is InChI=1S/C16H22FN3O/c1-11(18-9-14-10-19-20(4)12(14)2)13(3)21-16-8-6-5-7-15(16)17/h5-8,10-11,13,18H,9H2,1-4H3/t11-,13+/m1/s1. The first-order chi connectivity index (χ1) is 9.99. The highest BCUT2D eigenvalue weighted by molar-refractivity contribution is 5.24. The highest BCUT2D eigenvalue weighted by atomic mass is 19.1. The summed E-state index contributed by atoms with van der Waals surface area (Å²) in [5.41, 5.74) is 2.29. The van der Waals surface area contributed by atoms with E-state index in [1.165, 1.54) is 6.07 Å². The molecule has 0 aliphatic rings. The lowest BCUT2D eigenvalue weighted by molar-refractivity contribution is 0.170. The van der Waals surface area contributed by atoms with Crippen molar-refractivity contribution in [3.8, 4) is 5.75 Å². The molecule has 1 aromatic carbocycles. The molecule has 0 spiro atoms. The summed E-state index contributed by atoms with van der Waals surface area (Å²) < 4.78 is 21.1. The van der Waals surface area contributed by atoms with E-state index in [-0.39, 0.29) is 23.7 Å². The van der Waals surface area contributed by atoms with Gasteiger partial charge in [-0.1, -0.05) is 12.1 Å². The predicted octanol–water partition coefficient (Wildman–Crippen LogP) is 2.81. The first-order valence-electron chi connectivity index (χ1n) is 7.11. The summed E-state index contributed by atoms with van der Waals surface area (Å²) in [6, 6.07) is 6.55. The number of nitrogens with one attached hydrogen (secondary N) is 1. The average Bonchev–Trinajstić information content (AvgIpc) is 2.78. The van der Waals surface area contributed by atoms with Crippen LogP contribution in [-0.4, -0.2) is 21.9 Å². The fourth-order valence-electron chi connectivity index (χ4n) is 2.00. The fourth-order valence-corrected chi connectivity index (χ4v) is 2.00. The predicted molar refractivity (Wildman–Crippen MR) is 80.7 cm³/mol. The van der Waals surface area contributed by atoms with E-state index in [1.807, 2.05) is 38.7 Å². The molecule has 0 aliphatic carbocycles. The van der Waals surface area contributed by atoms with Gasteiger partial charge in [0.15, 0.2) is 11.6 Å². The molecular weight excluding hydrogens is 269 g/mol. The van der Waals surface area contributed by atoms with Gasteiger partial charge in [-0.25, -0.2) is 4.39 Å². The van der Waals surface area contributed by atoms with Crippen molar-refractivity contribution in [3.05, 3.63) is 47.5 Å². The van der Waals surface area contributed by atoms with Crippen LogP contribution in [0.3, 0.4) is 0 Å². The van der Waals surface area contributed by atoms with Gasteiger partial charge in [0.05, 0.1) is 6.20 Å². The number of ether oxygens (including phenoxy) is 1. The van der Waals surface area contributed by atoms with Gasteiger partial charge in [-0.3, -0.25) is 4.68 Å². The van der Waals surface area contributed by atoms with E-state index >= 15 is 0 Å². The molecule has 21 heavy (non-hydrogen) atoms. The molecule has 5 heteroatoms. The number of hydrogen-bond acceptors (Lipinski definition) is 3. The van der Waals surface area contributed by atoms with Crippen LogP contribution in [0, 0.1) is 12.7 Å². The Hall–Kier alpha value is -1.88. The Morgan fingerprint density at radius 2 is 2.05 bits per heavy atom.